The molecule has 0 aliphatic heterocycles. The van der Waals surface area contributed by atoms with Gasteiger partial charge in [0.2, 0.25) is 0 Å². The molecule has 0 fully saturated rings. The van der Waals surface area contributed by atoms with Gasteiger partial charge in [0.15, 0.2) is 0 Å². The summed E-state index contributed by atoms with van der Waals surface area (Å²) < 4.78 is 0. The Morgan fingerprint density at radius 1 is 1.12 bits per heavy atom. The number of nitrogens with zero attached hydrogens (tertiary/aromatic N) is 1. The number of rotatable bonds is 8. The van der Waals surface area contributed by atoms with Crippen LogP contribution in [0.3, 0.4) is 0 Å². The minimum Gasteiger partial charge on any atom is -0.310 e. The van der Waals surface area contributed by atoms with Crippen LogP contribution in [-0.4, -0.2) is 16.2 Å². The lowest BCUT2D eigenvalue weighted by atomic mass is 10.0. The first-order valence-corrected chi connectivity index (χ1v) is 8.88. The van der Waals surface area contributed by atoms with Gasteiger partial charge < -0.3 is 5.32 Å². The molecule has 0 aliphatic carbocycles. The summed E-state index contributed by atoms with van der Waals surface area (Å²) in [5.74, 6) is 0. The number of nitrogens with one attached hydrogen (secondary N) is 2. The highest BCUT2D eigenvalue weighted by Crippen LogP contribution is 2.25. The largest absolute Gasteiger partial charge is 0.310 e. The van der Waals surface area contributed by atoms with Gasteiger partial charge in [0, 0.05) is 24.3 Å². The van der Waals surface area contributed by atoms with Crippen LogP contribution < -0.4 is 5.32 Å². The zero-order valence-electron chi connectivity index (χ0n) is 15.2. The first kappa shape index (κ1) is 17.9. The van der Waals surface area contributed by atoms with Gasteiger partial charge >= 0.3 is 0 Å². The van der Waals surface area contributed by atoms with Crippen LogP contribution in [0.1, 0.15) is 18.9 Å². The summed E-state index contributed by atoms with van der Waals surface area (Å²) >= 11 is 0. The van der Waals surface area contributed by atoms with Crippen molar-refractivity contribution in [2.45, 2.75) is 25.9 Å². The van der Waals surface area contributed by atoms with Crippen molar-refractivity contribution in [3.05, 3.63) is 91.2 Å². The highest BCUT2D eigenvalue weighted by Gasteiger charge is 2.05. The van der Waals surface area contributed by atoms with E-state index in [1.165, 1.54) is 16.7 Å². The maximum Gasteiger partial charge on any atom is 0.0650 e. The van der Waals surface area contributed by atoms with Crippen molar-refractivity contribution in [2.75, 3.05) is 0 Å². The molecule has 3 heteroatoms. The van der Waals surface area contributed by atoms with Crippen molar-refractivity contribution in [2.24, 2.45) is 0 Å². The SMILES string of the molecule is C=CC(=C)CC(C)NCc1ccc(-c2cccc(-c3ccn[nH]3)c2)cc1. The van der Waals surface area contributed by atoms with E-state index in [4.69, 9.17) is 0 Å². The Kier molecular flexibility index (Phi) is 5.82. The third-order valence-corrected chi connectivity index (χ3v) is 4.47. The van der Waals surface area contributed by atoms with E-state index in [-0.39, 0.29) is 0 Å². The molecule has 0 bridgehead atoms. The lowest BCUT2D eigenvalue weighted by molar-refractivity contribution is 0.547. The Balaban J connectivity index is 1.65. The van der Waals surface area contributed by atoms with E-state index < -0.39 is 0 Å². The normalized spacial score (nSPS) is 11.9. The molecule has 2 N–H and O–H groups in total. The van der Waals surface area contributed by atoms with Crippen LogP contribution in [0.15, 0.2) is 85.6 Å². The van der Waals surface area contributed by atoms with Crippen LogP contribution in [0.4, 0.5) is 0 Å². The van der Waals surface area contributed by atoms with Crippen LogP contribution in [0.5, 0.6) is 0 Å². The number of H-pyrrole nitrogens is 1. The van der Waals surface area contributed by atoms with E-state index in [2.05, 4.69) is 84.1 Å². The van der Waals surface area contributed by atoms with Gasteiger partial charge in [-0.05, 0) is 42.2 Å². The van der Waals surface area contributed by atoms with Crippen LogP contribution in [0, 0.1) is 0 Å². The Hall–Kier alpha value is -2.91. The second-order valence-corrected chi connectivity index (χ2v) is 6.60. The van der Waals surface area contributed by atoms with Gasteiger partial charge in [-0.1, -0.05) is 67.3 Å². The zero-order chi connectivity index (χ0) is 18.4. The quantitative estimate of drug-likeness (QED) is 0.541. The number of hydrogen-bond acceptors (Lipinski definition) is 2. The summed E-state index contributed by atoms with van der Waals surface area (Å²) in [6.07, 6.45) is 4.52. The van der Waals surface area contributed by atoms with Gasteiger partial charge in [-0.15, -0.1) is 0 Å². The number of allylic oxidation sites excluding steroid dienone is 1. The lowest BCUT2D eigenvalue weighted by Gasteiger charge is -2.14. The highest BCUT2D eigenvalue weighted by atomic mass is 15.1. The van der Waals surface area contributed by atoms with E-state index >= 15 is 0 Å². The monoisotopic (exact) mass is 343 g/mol. The Morgan fingerprint density at radius 3 is 2.58 bits per heavy atom. The van der Waals surface area contributed by atoms with Crippen molar-refractivity contribution >= 4 is 0 Å². The fourth-order valence-electron chi connectivity index (χ4n) is 2.94. The van der Waals surface area contributed by atoms with Crippen molar-refractivity contribution in [1.82, 2.24) is 15.5 Å². The second-order valence-electron chi connectivity index (χ2n) is 6.60. The molecule has 0 saturated heterocycles. The number of aromatic nitrogens is 2. The predicted molar refractivity (Wildman–Crippen MR) is 110 cm³/mol. The number of aromatic amines is 1. The molecule has 1 atom stereocenters. The second kappa shape index (κ2) is 8.45. The Bertz CT molecular complexity index is 861. The molecule has 1 aromatic heterocycles. The third kappa shape index (κ3) is 4.58. The first-order chi connectivity index (χ1) is 12.7. The van der Waals surface area contributed by atoms with E-state index in [1.807, 2.05) is 12.1 Å². The van der Waals surface area contributed by atoms with E-state index in [1.54, 1.807) is 6.20 Å². The molecule has 0 amide bonds. The molecule has 0 radical (unpaired) electrons. The molecular weight excluding hydrogens is 318 g/mol. The average molecular weight is 343 g/mol. The zero-order valence-corrected chi connectivity index (χ0v) is 15.2. The Labute approximate surface area is 155 Å². The highest BCUT2D eigenvalue weighted by molar-refractivity contribution is 5.71. The lowest BCUT2D eigenvalue weighted by Crippen LogP contribution is -2.25. The minimum absolute atomic E-state index is 0.381. The maximum atomic E-state index is 4.03. The van der Waals surface area contributed by atoms with E-state index in [9.17, 15) is 0 Å². The molecule has 3 rings (SSSR count). The summed E-state index contributed by atoms with van der Waals surface area (Å²) in [5.41, 5.74) is 6.92. The Morgan fingerprint density at radius 2 is 1.88 bits per heavy atom. The molecule has 3 aromatic rings. The topological polar surface area (TPSA) is 40.7 Å². The smallest absolute Gasteiger partial charge is 0.0650 e. The fourth-order valence-corrected chi connectivity index (χ4v) is 2.94. The molecule has 0 aliphatic rings. The van der Waals surface area contributed by atoms with E-state index in [0.29, 0.717) is 6.04 Å². The number of hydrogen-bond donors (Lipinski definition) is 2. The molecule has 1 heterocycles. The van der Waals surface area contributed by atoms with Crippen molar-refractivity contribution in [3.8, 4) is 22.4 Å². The van der Waals surface area contributed by atoms with Crippen LogP contribution in [0.25, 0.3) is 22.4 Å². The number of benzene rings is 2. The van der Waals surface area contributed by atoms with Gasteiger partial charge in [-0.25, -0.2) is 0 Å². The first-order valence-electron chi connectivity index (χ1n) is 8.88. The third-order valence-electron chi connectivity index (χ3n) is 4.47. The standard InChI is InChI=1S/C23H25N3/c1-4-17(2)14-18(3)24-16-19-8-10-20(11-9-19)21-6-5-7-22(15-21)23-12-13-25-26-23/h4-13,15,18,24H,1-2,14,16H2,3H3,(H,25,26). The summed E-state index contributed by atoms with van der Waals surface area (Å²) in [5, 5.41) is 10.6. The maximum absolute atomic E-state index is 4.03. The van der Waals surface area contributed by atoms with E-state index in [0.717, 1.165) is 29.8 Å². The molecule has 0 spiro atoms. The van der Waals surface area contributed by atoms with Crippen LogP contribution in [0.2, 0.25) is 0 Å². The summed E-state index contributed by atoms with van der Waals surface area (Å²) in [6, 6.07) is 19.6. The van der Waals surface area contributed by atoms with Crippen LogP contribution in [-0.2, 0) is 6.54 Å². The van der Waals surface area contributed by atoms with Gasteiger partial charge in [-0.3, -0.25) is 5.10 Å². The molecule has 132 valence electrons. The molecule has 1 unspecified atom stereocenters. The summed E-state index contributed by atoms with van der Waals surface area (Å²) in [4.78, 5) is 0. The minimum atomic E-state index is 0.381. The molecule has 26 heavy (non-hydrogen) atoms. The predicted octanol–water partition coefficient (Wildman–Crippen LogP) is 5.35. The van der Waals surface area contributed by atoms with Gasteiger partial charge in [0.25, 0.3) is 0 Å². The molecule has 3 nitrogen and oxygen atoms in total. The van der Waals surface area contributed by atoms with Crippen LogP contribution >= 0.6 is 0 Å². The van der Waals surface area contributed by atoms with Crippen molar-refractivity contribution in [1.29, 1.82) is 0 Å². The molecule has 0 saturated carbocycles. The average Bonchev–Trinajstić information content (AvgIpc) is 3.21. The van der Waals surface area contributed by atoms with Gasteiger partial charge in [-0.2, -0.15) is 5.10 Å². The molecular formula is C23H25N3. The van der Waals surface area contributed by atoms with Crippen molar-refractivity contribution in [3.63, 3.8) is 0 Å². The van der Waals surface area contributed by atoms with Gasteiger partial charge in [0.05, 0.1) is 5.69 Å². The summed E-state index contributed by atoms with van der Waals surface area (Å²) in [6.45, 7) is 10.8. The fraction of sp³-hybridized carbons (Fsp3) is 0.174. The van der Waals surface area contributed by atoms with Crippen molar-refractivity contribution < 1.29 is 0 Å². The molecule has 2 aromatic carbocycles. The van der Waals surface area contributed by atoms with Gasteiger partial charge in [0.1, 0.15) is 0 Å². The summed E-state index contributed by atoms with van der Waals surface area (Å²) in [7, 11) is 0.